The number of benzene rings is 3. The molecule has 1 saturated heterocycles. The second-order valence-corrected chi connectivity index (χ2v) is 11.5. The Bertz CT molecular complexity index is 1490. The Balaban J connectivity index is 1.56. The highest BCUT2D eigenvalue weighted by Crippen LogP contribution is 2.37. The average molecular weight is 541 g/mol. The maximum atomic E-state index is 13.0. The largest absolute Gasteiger partial charge is 0.484 e. The minimum atomic E-state index is -4.52. The van der Waals surface area contributed by atoms with Gasteiger partial charge in [0, 0.05) is 34.0 Å². The van der Waals surface area contributed by atoms with Gasteiger partial charge >= 0.3 is 12.1 Å². The van der Waals surface area contributed by atoms with Crippen LogP contribution < -0.4 is 4.74 Å². The number of fused-ring (bicyclic) bond motifs is 1. The molecule has 10 heteroatoms. The minimum Gasteiger partial charge on any atom is -0.484 e. The first-order valence-corrected chi connectivity index (χ1v) is 13.3. The van der Waals surface area contributed by atoms with E-state index < -0.39 is 23.9 Å². The van der Waals surface area contributed by atoms with Crippen LogP contribution in [0, 0.1) is 6.92 Å². The van der Waals surface area contributed by atoms with Gasteiger partial charge in [-0.15, -0.1) is 0 Å². The molecule has 6 nitrogen and oxygen atoms in total. The van der Waals surface area contributed by atoms with Crippen LogP contribution in [0.3, 0.4) is 0 Å². The number of halogens is 3. The van der Waals surface area contributed by atoms with Crippen LogP contribution in [0.4, 0.5) is 13.2 Å². The van der Waals surface area contributed by atoms with E-state index in [1.807, 2.05) is 60.4 Å². The van der Waals surface area contributed by atoms with E-state index in [9.17, 15) is 23.1 Å². The van der Waals surface area contributed by atoms with Crippen LogP contribution in [0.1, 0.15) is 24.0 Å². The average Bonchev–Trinajstić information content (AvgIpc) is 3.46. The Kier molecular flexibility index (Phi) is 6.78. The van der Waals surface area contributed by atoms with Crippen molar-refractivity contribution in [2.75, 3.05) is 13.2 Å². The van der Waals surface area contributed by atoms with Gasteiger partial charge in [-0.05, 0) is 55.1 Å². The first-order valence-electron chi connectivity index (χ1n) is 12.3. The van der Waals surface area contributed by atoms with Gasteiger partial charge < -0.3 is 14.3 Å². The Labute approximate surface area is 220 Å². The van der Waals surface area contributed by atoms with Crippen LogP contribution in [0.2, 0.25) is 0 Å². The summed E-state index contributed by atoms with van der Waals surface area (Å²) in [6.07, 6.45) is -3.30. The lowest BCUT2D eigenvalue weighted by molar-refractivity contribution is -0.153. The number of hydrogen-bond donors (Lipinski definition) is 1. The number of ether oxygens (including phenoxy) is 1. The van der Waals surface area contributed by atoms with E-state index in [0.717, 1.165) is 22.3 Å². The quantitative estimate of drug-likeness (QED) is 0.327. The van der Waals surface area contributed by atoms with Crippen molar-refractivity contribution < 1.29 is 32.2 Å². The van der Waals surface area contributed by atoms with Crippen LogP contribution in [0.5, 0.6) is 5.75 Å². The lowest BCUT2D eigenvalue weighted by Gasteiger charge is -2.31. The lowest BCUT2D eigenvalue weighted by Crippen LogP contribution is -2.50. The number of aliphatic carboxylic acids is 1. The molecule has 0 amide bonds. The fourth-order valence-corrected chi connectivity index (χ4v) is 5.78. The summed E-state index contributed by atoms with van der Waals surface area (Å²) in [7, 11) is 0.383. The van der Waals surface area contributed by atoms with Crippen molar-refractivity contribution in [2.45, 2.75) is 37.6 Å². The second kappa shape index (κ2) is 9.92. The number of rotatable bonds is 7. The summed E-state index contributed by atoms with van der Waals surface area (Å²) in [6.45, 7) is 1.20. The highest BCUT2D eigenvalue weighted by molar-refractivity contribution is 6.27. The zero-order chi connectivity index (χ0) is 27.1. The number of alkyl halides is 3. The van der Waals surface area contributed by atoms with E-state index in [2.05, 4.69) is 4.98 Å². The summed E-state index contributed by atoms with van der Waals surface area (Å²) in [4.78, 5) is 18.5. The lowest BCUT2D eigenvalue weighted by atomic mass is 9.96. The van der Waals surface area contributed by atoms with Crippen molar-refractivity contribution in [3.05, 3.63) is 71.8 Å². The topological polar surface area (TPSA) is 75.8 Å². The van der Waals surface area contributed by atoms with Crippen molar-refractivity contribution >= 4 is 27.3 Å². The number of aromatic nitrogens is 1. The highest BCUT2D eigenvalue weighted by atomic mass is 28.1. The van der Waals surface area contributed by atoms with E-state index >= 15 is 0 Å². The number of likely N-dealkylation sites (tertiary alicyclic amines) is 1. The molecular formula is C28H27F3N2O4Si. The third-order valence-corrected chi connectivity index (χ3v) is 8.78. The molecule has 0 radical (unpaired) electrons. The molecule has 198 valence electrons. The Morgan fingerprint density at radius 1 is 1.16 bits per heavy atom. The van der Waals surface area contributed by atoms with E-state index in [4.69, 9.17) is 9.15 Å². The summed E-state index contributed by atoms with van der Waals surface area (Å²) in [5.41, 5.74) is 4.99. The minimum absolute atomic E-state index is 0.00795. The Hall–Kier alpha value is -3.63. The van der Waals surface area contributed by atoms with Crippen molar-refractivity contribution in [3.63, 3.8) is 0 Å². The summed E-state index contributed by atoms with van der Waals surface area (Å²) in [6, 6.07) is 18.8. The fraction of sp³-hybridized carbons (Fsp3) is 0.286. The molecular weight excluding hydrogens is 513 g/mol. The van der Waals surface area contributed by atoms with Gasteiger partial charge in [0.25, 0.3) is 0 Å². The van der Waals surface area contributed by atoms with Gasteiger partial charge in [0.2, 0.25) is 5.89 Å². The van der Waals surface area contributed by atoms with Crippen molar-refractivity contribution in [1.82, 2.24) is 9.88 Å². The van der Waals surface area contributed by atoms with Gasteiger partial charge in [-0.25, -0.2) is 4.98 Å². The smallest absolute Gasteiger partial charge is 0.422 e. The normalized spacial score (nSPS) is 18.3. The van der Waals surface area contributed by atoms with Crippen molar-refractivity contribution in [1.29, 1.82) is 0 Å². The molecule has 0 saturated carbocycles. The zero-order valence-corrected chi connectivity index (χ0v) is 23.0. The molecule has 1 aliphatic rings. The summed E-state index contributed by atoms with van der Waals surface area (Å²) in [5.74, 6) is -0.551. The van der Waals surface area contributed by atoms with Gasteiger partial charge in [-0.1, -0.05) is 42.5 Å². The number of carbonyl (C=O) groups is 1. The van der Waals surface area contributed by atoms with Gasteiger partial charge in [0.05, 0.1) is 5.16 Å². The predicted octanol–water partition coefficient (Wildman–Crippen LogP) is 5.15. The molecule has 0 bridgehead atoms. The fourth-order valence-electron chi connectivity index (χ4n) is 5.05. The third kappa shape index (κ3) is 5.06. The van der Waals surface area contributed by atoms with Crippen LogP contribution in [0.15, 0.2) is 65.1 Å². The third-order valence-electron chi connectivity index (χ3n) is 7.22. The van der Waals surface area contributed by atoms with Gasteiger partial charge in [-0.3, -0.25) is 9.69 Å². The van der Waals surface area contributed by atoms with E-state index in [1.165, 1.54) is 6.07 Å². The predicted molar refractivity (Wildman–Crippen MR) is 141 cm³/mol. The maximum absolute atomic E-state index is 13.0. The monoisotopic (exact) mass is 540 g/mol. The summed E-state index contributed by atoms with van der Waals surface area (Å²) >= 11 is 0. The number of carboxylic acid groups (broad SMARTS) is 1. The molecule has 4 aromatic rings. The molecule has 1 fully saturated rings. The van der Waals surface area contributed by atoms with Crippen LogP contribution in [0.25, 0.3) is 33.7 Å². The van der Waals surface area contributed by atoms with E-state index in [0.29, 0.717) is 52.2 Å². The highest BCUT2D eigenvalue weighted by Gasteiger charge is 2.43. The van der Waals surface area contributed by atoms with Gasteiger partial charge in [-0.2, -0.15) is 13.2 Å². The molecule has 5 rings (SSSR count). The molecule has 2 heterocycles. The molecule has 1 aliphatic heterocycles. The molecule has 0 unspecified atom stereocenters. The molecule has 1 N–H and O–H groups in total. The summed E-state index contributed by atoms with van der Waals surface area (Å²) in [5, 5.41) is 8.85. The van der Waals surface area contributed by atoms with Crippen LogP contribution in [-0.4, -0.2) is 55.7 Å². The molecule has 3 aromatic carbocycles. The molecule has 0 aliphatic carbocycles. The van der Waals surface area contributed by atoms with Crippen LogP contribution >= 0.6 is 0 Å². The number of carboxylic acids is 1. The molecule has 38 heavy (non-hydrogen) atoms. The first-order chi connectivity index (χ1) is 18.0. The van der Waals surface area contributed by atoms with Crippen molar-refractivity contribution in [3.8, 4) is 28.3 Å². The zero-order valence-electron chi connectivity index (χ0n) is 21.0. The Morgan fingerprint density at radius 3 is 2.61 bits per heavy atom. The second-order valence-electron chi connectivity index (χ2n) is 9.80. The van der Waals surface area contributed by atoms with E-state index in [1.54, 1.807) is 6.07 Å². The van der Waals surface area contributed by atoms with E-state index in [-0.39, 0.29) is 12.3 Å². The van der Waals surface area contributed by atoms with Crippen molar-refractivity contribution in [2.24, 2.45) is 0 Å². The number of oxazole rings is 1. The first kappa shape index (κ1) is 26.0. The van der Waals surface area contributed by atoms with Gasteiger partial charge in [0.15, 0.2) is 12.2 Å². The molecule has 1 atom stereocenters. The SMILES string of the molecule is Cc1c(-c2ccccc2)cccc1-c1nc2cc(CN3CCC[C@@]3([SiH3])C(=O)O)c(OCC(F)(F)F)cc2o1. The maximum Gasteiger partial charge on any atom is 0.422 e. The number of nitrogens with zero attached hydrogens (tertiary/aromatic N) is 2. The molecule has 0 spiro atoms. The van der Waals surface area contributed by atoms with Crippen LogP contribution in [-0.2, 0) is 11.3 Å². The summed E-state index contributed by atoms with van der Waals surface area (Å²) < 4.78 is 50.3. The van der Waals surface area contributed by atoms with Gasteiger partial charge in [0.1, 0.15) is 11.3 Å². The molecule has 1 aromatic heterocycles. The number of hydrogen-bond acceptors (Lipinski definition) is 5. The standard InChI is InChI=1S/C28H27F3N2O4Si/c1-17-20(18-7-3-2-4-8-18)9-5-10-21(17)25-32-22-13-19(15-33-12-6-11-27(33,38)26(34)35)23(14-24(22)37-25)36-16-28(29,30)31/h2-5,7-10,13-14H,6,11-12,15-16H2,1,38H3,(H,34,35)/t27-/m1/s1. The Morgan fingerprint density at radius 2 is 1.89 bits per heavy atom.